The lowest BCUT2D eigenvalue weighted by Crippen LogP contribution is -2.36. The van der Waals surface area contributed by atoms with Gasteiger partial charge in [0.2, 0.25) is 0 Å². The fourth-order valence-electron chi connectivity index (χ4n) is 5.03. The Morgan fingerprint density at radius 3 is 2.47 bits per heavy atom. The van der Waals surface area contributed by atoms with Crippen molar-refractivity contribution in [2.45, 2.75) is 64.3 Å². The molecule has 2 fully saturated rings. The Labute approximate surface area is 180 Å². The predicted molar refractivity (Wildman–Crippen MR) is 122 cm³/mol. The zero-order valence-corrected chi connectivity index (χ0v) is 18.2. The standard InChI is InChI=1S/C26H36N2O2/c29-26-24(10-6-16-27-26)19-28-17-14-22(15-18-28)20-30-25-11-5-4-9-23(25)13-12-21-7-2-1-3-8-21/h4-6,9-11,16,21-22H,1-3,7-8,12-15,17-20H2,(H,27,29). The minimum absolute atomic E-state index is 0.0350. The number of likely N-dealkylation sites (tertiary alicyclic amines) is 1. The van der Waals surface area contributed by atoms with Gasteiger partial charge in [-0.3, -0.25) is 9.69 Å². The number of piperidine rings is 1. The van der Waals surface area contributed by atoms with Crippen LogP contribution in [0.4, 0.5) is 0 Å². The fraction of sp³-hybridized carbons (Fsp3) is 0.577. The normalized spacial score (nSPS) is 19.1. The summed E-state index contributed by atoms with van der Waals surface area (Å²) in [6, 6.07) is 12.5. The molecule has 4 rings (SSSR count). The van der Waals surface area contributed by atoms with Gasteiger partial charge in [0.1, 0.15) is 5.75 Å². The van der Waals surface area contributed by atoms with Gasteiger partial charge < -0.3 is 9.72 Å². The van der Waals surface area contributed by atoms with Crippen molar-refractivity contribution >= 4 is 0 Å². The fourth-order valence-corrected chi connectivity index (χ4v) is 5.03. The molecule has 1 N–H and O–H groups in total. The number of hydrogen-bond acceptors (Lipinski definition) is 3. The third-order valence-electron chi connectivity index (χ3n) is 6.99. The van der Waals surface area contributed by atoms with E-state index in [1.54, 1.807) is 6.20 Å². The molecule has 0 spiro atoms. The lowest BCUT2D eigenvalue weighted by Gasteiger charge is -2.31. The van der Waals surface area contributed by atoms with Crippen LogP contribution in [0.1, 0.15) is 62.5 Å². The van der Waals surface area contributed by atoms with Crippen molar-refractivity contribution in [1.82, 2.24) is 9.88 Å². The van der Waals surface area contributed by atoms with E-state index in [0.29, 0.717) is 5.92 Å². The molecule has 0 atom stereocenters. The first-order valence-electron chi connectivity index (χ1n) is 11.9. The summed E-state index contributed by atoms with van der Waals surface area (Å²) in [6.07, 6.45) is 13.5. The van der Waals surface area contributed by atoms with Crippen LogP contribution < -0.4 is 10.3 Å². The van der Waals surface area contributed by atoms with Gasteiger partial charge in [0.05, 0.1) is 6.61 Å². The van der Waals surface area contributed by atoms with Gasteiger partial charge in [-0.2, -0.15) is 0 Å². The molecule has 2 aromatic rings. The van der Waals surface area contributed by atoms with Crippen LogP contribution in [-0.2, 0) is 13.0 Å². The van der Waals surface area contributed by atoms with Gasteiger partial charge in [-0.05, 0) is 68.3 Å². The molecule has 162 valence electrons. The molecular formula is C26H36N2O2. The first-order valence-corrected chi connectivity index (χ1v) is 11.9. The Morgan fingerprint density at radius 2 is 1.67 bits per heavy atom. The van der Waals surface area contributed by atoms with E-state index in [1.807, 2.05) is 12.1 Å². The van der Waals surface area contributed by atoms with Crippen LogP contribution in [0.5, 0.6) is 5.75 Å². The molecule has 2 aliphatic rings. The minimum Gasteiger partial charge on any atom is -0.493 e. The van der Waals surface area contributed by atoms with Crippen LogP contribution in [0.15, 0.2) is 47.4 Å². The first-order chi connectivity index (χ1) is 14.8. The summed E-state index contributed by atoms with van der Waals surface area (Å²) in [5.74, 6) is 2.60. The van der Waals surface area contributed by atoms with Crippen molar-refractivity contribution in [1.29, 1.82) is 0 Å². The van der Waals surface area contributed by atoms with Crippen LogP contribution in [-0.4, -0.2) is 29.6 Å². The summed E-state index contributed by atoms with van der Waals surface area (Å²) >= 11 is 0. The number of nitrogens with zero attached hydrogens (tertiary/aromatic N) is 1. The maximum Gasteiger partial charge on any atom is 0.252 e. The van der Waals surface area contributed by atoms with Crippen LogP contribution in [0, 0.1) is 11.8 Å². The van der Waals surface area contributed by atoms with Gasteiger partial charge in [-0.1, -0.05) is 56.4 Å². The summed E-state index contributed by atoms with van der Waals surface area (Å²) < 4.78 is 6.32. The molecule has 0 amide bonds. The molecular weight excluding hydrogens is 372 g/mol. The average molecular weight is 409 g/mol. The quantitative estimate of drug-likeness (QED) is 0.655. The lowest BCUT2D eigenvalue weighted by molar-refractivity contribution is 0.136. The number of aromatic amines is 1. The number of nitrogens with one attached hydrogen (secondary N) is 1. The van der Waals surface area contributed by atoms with Crippen LogP contribution in [0.3, 0.4) is 0 Å². The van der Waals surface area contributed by atoms with Crippen molar-refractivity contribution in [2.75, 3.05) is 19.7 Å². The lowest BCUT2D eigenvalue weighted by atomic mass is 9.85. The van der Waals surface area contributed by atoms with E-state index in [2.05, 4.69) is 34.1 Å². The van der Waals surface area contributed by atoms with E-state index in [0.717, 1.165) is 62.7 Å². The Kier molecular flexibility index (Phi) is 7.63. The van der Waals surface area contributed by atoms with E-state index in [1.165, 1.54) is 44.1 Å². The number of pyridine rings is 1. The second-order valence-corrected chi connectivity index (χ2v) is 9.21. The predicted octanol–water partition coefficient (Wildman–Crippen LogP) is 5.18. The second-order valence-electron chi connectivity index (χ2n) is 9.21. The van der Waals surface area contributed by atoms with Crippen molar-refractivity contribution in [3.05, 3.63) is 64.1 Å². The third kappa shape index (κ3) is 5.98. The van der Waals surface area contributed by atoms with Crippen molar-refractivity contribution < 1.29 is 4.74 Å². The van der Waals surface area contributed by atoms with Crippen molar-refractivity contribution in [2.24, 2.45) is 11.8 Å². The number of para-hydroxylation sites is 1. The first kappa shape index (κ1) is 21.2. The largest absolute Gasteiger partial charge is 0.493 e. The summed E-state index contributed by atoms with van der Waals surface area (Å²) in [6.45, 7) is 3.62. The molecule has 0 radical (unpaired) electrons. The molecule has 1 aliphatic heterocycles. The Balaban J connectivity index is 1.22. The van der Waals surface area contributed by atoms with E-state index in [4.69, 9.17) is 4.74 Å². The Morgan fingerprint density at radius 1 is 0.900 bits per heavy atom. The topological polar surface area (TPSA) is 45.3 Å². The maximum absolute atomic E-state index is 11.9. The van der Waals surface area contributed by atoms with Crippen LogP contribution in [0.2, 0.25) is 0 Å². The number of hydrogen-bond donors (Lipinski definition) is 1. The summed E-state index contributed by atoms with van der Waals surface area (Å²) in [5, 5.41) is 0. The van der Waals surface area contributed by atoms with E-state index >= 15 is 0 Å². The maximum atomic E-state index is 11.9. The molecule has 0 unspecified atom stereocenters. The van der Waals surface area contributed by atoms with E-state index in [9.17, 15) is 4.79 Å². The number of ether oxygens (including phenoxy) is 1. The zero-order chi connectivity index (χ0) is 20.6. The minimum atomic E-state index is 0.0350. The number of rotatable bonds is 8. The monoisotopic (exact) mass is 408 g/mol. The van der Waals surface area contributed by atoms with E-state index in [-0.39, 0.29) is 5.56 Å². The van der Waals surface area contributed by atoms with Gasteiger partial charge >= 0.3 is 0 Å². The van der Waals surface area contributed by atoms with Gasteiger partial charge in [0.25, 0.3) is 5.56 Å². The summed E-state index contributed by atoms with van der Waals surface area (Å²) in [5.41, 5.74) is 2.27. The molecule has 30 heavy (non-hydrogen) atoms. The highest BCUT2D eigenvalue weighted by molar-refractivity contribution is 5.33. The molecule has 1 saturated heterocycles. The highest BCUT2D eigenvalue weighted by atomic mass is 16.5. The van der Waals surface area contributed by atoms with Gasteiger partial charge in [-0.25, -0.2) is 0 Å². The highest BCUT2D eigenvalue weighted by Crippen LogP contribution is 2.30. The third-order valence-corrected chi connectivity index (χ3v) is 6.99. The zero-order valence-electron chi connectivity index (χ0n) is 18.2. The molecule has 2 heterocycles. The number of aryl methyl sites for hydroxylation is 1. The summed E-state index contributed by atoms with van der Waals surface area (Å²) in [7, 11) is 0. The Bertz CT molecular complexity index is 833. The van der Waals surface area contributed by atoms with Crippen molar-refractivity contribution in [3.8, 4) is 5.75 Å². The van der Waals surface area contributed by atoms with Crippen molar-refractivity contribution in [3.63, 3.8) is 0 Å². The number of benzene rings is 1. The number of aromatic nitrogens is 1. The smallest absolute Gasteiger partial charge is 0.252 e. The van der Waals surface area contributed by atoms with Gasteiger partial charge in [-0.15, -0.1) is 0 Å². The molecule has 1 aromatic heterocycles. The molecule has 1 saturated carbocycles. The highest BCUT2D eigenvalue weighted by Gasteiger charge is 2.21. The number of H-pyrrole nitrogens is 1. The van der Waals surface area contributed by atoms with Crippen LogP contribution >= 0.6 is 0 Å². The molecule has 4 heteroatoms. The molecule has 0 bridgehead atoms. The molecule has 1 aliphatic carbocycles. The molecule has 4 nitrogen and oxygen atoms in total. The van der Waals surface area contributed by atoms with Gasteiger partial charge in [0, 0.05) is 18.3 Å². The molecule has 1 aromatic carbocycles. The summed E-state index contributed by atoms with van der Waals surface area (Å²) in [4.78, 5) is 17.1. The second kappa shape index (κ2) is 10.8. The Hall–Kier alpha value is -2.07. The van der Waals surface area contributed by atoms with Crippen LogP contribution in [0.25, 0.3) is 0 Å². The average Bonchev–Trinajstić information content (AvgIpc) is 2.80. The van der Waals surface area contributed by atoms with Gasteiger partial charge in [0.15, 0.2) is 0 Å². The van der Waals surface area contributed by atoms with E-state index < -0.39 is 0 Å². The SMILES string of the molecule is O=c1[nH]cccc1CN1CCC(COc2ccccc2CCC2CCCCC2)CC1.